The van der Waals surface area contributed by atoms with Gasteiger partial charge >= 0.3 is 5.97 Å². The largest absolute Gasteiger partial charge is 0.465 e. The van der Waals surface area contributed by atoms with Gasteiger partial charge in [-0.3, -0.25) is 0 Å². The molecule has 0 atom stereocenters. The van der Waals surface area contributed by atoms with Crippen molar-refractivity contribution in [3.8, 4) is 6.07 Å². The summed E-state index contributed by atoms with van der Waals surface area (Å²) >= 11 is 1.31. The second-order valence-corrected chi connectivity index (χ2v) is 3.77. The first-order valence-electron chi connectivity index (χ1n) is 4.39. The van der Waals surface area contributed by atoms with Crippen LogP contribution < -0.4 is 5.73 Å². The predicted octanol–water partition coefficient (Wildman–Crippen LogP) is 1.35. The SMILES string of the molecule is COC(=O)c1c(C)nc(SC)c(C#N)c1N. The first-order valence-corrected chi connectivity index (χ1v) is 5.61. The highest BCUT2D eigenvalue weighted by Gasteiger charge is 2.20. The molecule has 1 heterocycles. The van der Waals surface area contributed by atoms with Gasteiger partial charge in [-0.2, -0.15) is 5.26 Å². The van der Waals surface area contributed by atoms with Crippen molar-refractivity contribution in [2.24, 2.45) is 0 Å². The summed E-state index contributed by atoms with van der Waals surface area (Å²) in [5.74, 6) is -0.577. The van der Waals surface area contributed by atoms with Crippen molar-refractivity contribution >= 4 is 23.4 Å². The highest BCUT2D eigenvalue weighted by Crippen LogP contribution is 2.28. The van der Waals surface area contributed by atoms with Gasteiger partial charge in [0.15, 0.2) is 0 Å². The van der Waals surface area contributed by atoms with E-state index in [1.54, 1.807) is 13.2 Å². The Hall–Kier alpha value is -1.74. The lowest BCUT2D eigenvalue weighted by molar-refractivity contribution is 0.0600. The van der Waals surface area contributed by atoms with E-state index in [0.29, 0.717) is 10.7 Å². The number of nitrogen functional groups attached to an aromatic ring is 1. The van der Waals surface area contributed by atoms with Gasteiger partial charge < -0.3 is 10.5 Å². The monoisotopic (exact) mass is 237 g/mol. The fraction of sp³-hybridized carbons (Fsp3) is 0.300. The number of nitrogens with zero attached hydrogens (tertiary/aromatic N) is 2. The second-order valence-electron chi connectivity index (χ2n) is 2.97. The van der Waals surface area contributed by atoms with Crippen LogP contribution in [0.2, 0.25) is 0 Å². The molecule has 5 nitrogen and oxygen atoms in total. The molecule has 84 valence electrons. The number of aromatic nitrogens is 1. The number of nitrogens with two attached hydrogens (primary N) is 1. The summed E-state index contributed by atoms with van der Waals surface area (Å²) in [7, 11) is 1.26. The summed E-state index contributed by atoms with van der Waals surface area (Å²) in [5.41, 5.74) is 6.75. The zero-order valence-electron chi connectivity index (χ0n) is 9.20. The third-order valence-electron chi connectivity index (χ3n) is 2.08. The Morgan fingerprint density at radius 1 is 1.62 bits per heavy atom. The molecule has 0 radical (unpaired) electrons. The summed E-state index contributed by atoms with van der Waals surface area (Å²) in [6.07, 6.45) is 1.79. The summed E-state index contributed by atoms with van der Waals surface area (Å²) in [5, 5.41) is 9.48. The molecule has 0 aliphatic heterocycles. The van der Waals surface area contributed by atoms with E-state index < -0.39 is 5.97 Å². The maximum atomic E-state index is 11.5. The topological polar surface area (TPSA) is 89.0 Å². The first-order chi connectivity index (χ1) is 7.56. The van der Waals surface area contributed by atoms with E-state index in [9.17, 15) is 4.79 Å². The molecule has 2 N–H and O–H groups in total. The van der Waals surface area contributed by atoms with Crippen LogP contribution in [0.4, 0.5) is 5.69 Å². The van der Waals surface area contributed by atoms with E-state index in [0.717, 1.165) is 0 Å². The smallest absolute Gasteiger partial charge is 0.341 e. The van der Waals surface area contributed by atoms with Crippen molar-refractivity contribution in [2.75, 3.05) is 19.1 Å². The minimum Gasteiger partial charge on any atom is -0.465 e. The molecular formula is C10H11N3O2S. The van der Waals surface area contributed by atoms with Crippen LogP contribution >= 0.6 is 11.8 Å². The average molecular weight is 237 g/mol. The Morgan fingerprint density at radius 3 is 2.69 bits per heavy atom. The van der Waals surface area contributed by atoms with Crippen LogP contribution in [0.3, 0.4) is 0 Å². The van der Waals surface area contributed by atoms with Crippen molar-refractivity contribution in [2.45, 2.75) is 11.9 Å². The molecule has 1 aromatic heterocycles. The Labute approximate surface area is 97.6 Å². The van der Waals surface area contributed by atoms with E-state index >= 15 is 0 Å². The van der Waals surface area contributed by atoms with Crippen molar-refractivity contribution in [3.05, 3.63) is 16.8 Å². The van der Waals surface area contributed by atoms with E-state index in [2.05, 4.69) is 9.72 Å². The number of pyridine rings is 1. The van der Waals surface area contributed by atoms with E-state index in [1.165, 1.54) is 18.9 Å². The van der Waals surface area contributed by atoms with Gasteiger partial charge in [0.05, 0.1) is 18.5 Å². The standard InChI is InChI=1S/C10H11N3O2S/c1-5-7(10(14)15-2)8(12)6(4-11)9(13-5)16-3/h1-3H3,(H2,12,13). The molecule has 0 fully saturated rings. The Morgan fingerprint density at radius 2 is 2.25 bits per heavy atom. The van der Waals surface area contributed by atoms with Crippen molar-refractivity contribution in [1.29, 1.82) is 5.26 Å². The number of ether oxygens (including phenoxy) is 1. The number of nitriles is 1. The molecule has 0 aromatic carbocycles. The van der Waals surface area contributed by atoms with E-state index in [-0.39, 0.29) is 16.8 Å². The van der Waals surface area contributed by atoms with Crippen LogP contribution in [0.5, 0.6) is 0 Å². The van der Waals surface area contributed by atoms with Gasteiger partial charge in [0.1, 0.15) is 22.2 Å². The van der Waals surface area contributed by atoms with Gasteiger partial charge in [-0.1, -0.05) is 0 Å². The first kappa shape index (κ1) is 12.3. The highest BCUT2D eigenvalue weighted by atomic mass is 32.2. The molecule has 0 aliphatic carbocycles. The van der Waals surface area contributed by atoms with Crippen molar-refractivity contribution in [3.63, 3.8) is 0 Å². The number of hydrogen-bond acceptors (Lipinski definition) is 6. The second kappa shape index (κ2) is 4.86. The quantitative estimate of drug-likeness (QED) is 0.617. The number of esters is 1. The number of hydrogen-bond donors (Lipinski definition) is 1. The zero-order valence-corrected chi connectivity index (χ0v) is 10.0. The predicted molar refractivity (Wildman–Crippen MR) is 61.2 cm³/mol. The molecule has 16 heavy (non-hydrogen) atoms. The van der Waals surface area contributed by atoms with Gasteiger partial charge in [-0.25, -0.2) is 9.78 Å². The van der Waals surface area contributed by atoms with Crippen LogP contribution in [-0.2, 0) is 4.74 Å². The summed E-state index contributed by atoms with van der Waals surface area (Å²) in [6, 6.07) is 1.95. The van der Waals surface area contributed by atoms with Crippen molar-refractivity contribution < 1.29 is 9.53 Å². The molecule has 0 spiro atoms. The number of carbonyl (C=O) groups is 1. The molecule has 0 saturated heterocycles. The maximum Gasteiger partial charge on any atom is 0.341 e. The molecule has 0 aliphatic rings. The van der Waals surface area contributed by atoms with Gasteiger partial charge in [0, 0.05) is 0 Å². The normalized spacial score (nSPS) is 9.62. The number of thioether (sulfide) groups is 1. The summed E-state index contributed by atoms with van der Waals surface area (Å²) < 4.78 is 4.60. The number of aryl methyl sites for hydroxylation is 1. The van der Waals surface area contributed by atoms with Crippen LogP contribution in [0, 0.1) is 18.3 Å². The molecule has 1 rings (SSSR count). The van der Waals surface area contributed by atoms with Gasteiger partial charge in [-0.05, 0) is 13.2 Å². The third kappa shape index (κ3) is 1.95. The number of anilines is 1. The lowest BCUT2D eigenvalue weighted by Gasteiger charge is -2.10. The van der Waals surface area contributed by atoms with E-state index in [4.69, 9.17) is 11.0 Å². The average Bonchev–Trinajstić information content (AvgIpc) is 2.27. The van der Waals surface area contributed by atoms with Gasteiger partial charge in [-0.15, -0.1) is 11.8 Å². The third-order valence-corrected chi connectivity index (χ3v) is 2.76. The zero-order chi connectivity index (χ0) is 12.3. The molecular weight excluding hydrogens is 226 g/mol. The van der Waals surface area contributed by atoms with Gasteiger partial charge in [0.25, 0.3) is 0 Å². The Kier molecular flexibility index (Phi) is 3.74. The summed E-state index contributed by atoms with van der Waals surface area (Å²) in [4.78, 5) is 15.6. The maximum absolute atomic E-state index is 11.5. The number of rotatable bonds is 2. The Bertz CT molecular complexity index is 480. The highest BCUT2D eigenvalue weighted by molar-refractivity contribution is 7.98. The van der Waals surface area contributed by atoms with Crippen LogP contribution in [-0.4, -0.2) is 24.3 Å². The minimum atomic E-state index is -0.577. The molecule has 0 saturated carbocycles. The lowest BCUT2D eigenvalue weighted by atomic mass is 10.1. The van der Waals surface area contributed by atoms with Gasteiger partial charge in [0.2, 0.25) is 0 Å². The lowest BCUT2D eigenvalue weighted by Crippen LogP contribution is -2.12. The van der Waals surface area contributed by atoms with Crippen LogP contribution in [0.25, 0.3) is 0 Å². The fourth-order valence-electron chi connectivity index (χ4n) is 1.31. The molecule has 1 aromatic rings. The molecule has 0 amide bonds. The van der Waals surface area contributed by atoms with Crippen LogP contribution in [0.1, 0.15) is 21.6 Å². The molecule has 0 bridgehead atoms. The number of methoxy groups -OCH3 is 1. The molecule has 6 heteroatoms. The molecule has 0 unspecified atom stereocenters. The Balaban J connectivity index is 3.55. The minimum absolute atomic E-state index is 0.131. The fourth-order valence-corrected chi connectivity index (χ4v) is 1.90. The number of carbonyl (C=O) groups excluding carboxylic acids is 1. The van der Waals surface area contributed by atoms with Crippen LogP contribution in [0.15, 0.2) is 5.03 Å². The van der Waals surface area contributed by atoms with Crippen molar-refractivity contribution in [1.82, 2.24) is 4.98 Å². The summed E-state index contributed by atoms with van der Waals surface area (Å²) in [6.45, 7) is 1.66. The van der Waals surface area contributed by atoms with E-state index in [1.807, 2.05) is 6.07 Å².